The predicted molar refractivity (Wildman–Crippen MR) is 119 cm³/mol. The van der Waals surface area contributed by atoms with Crippen LogP contribution in [0.15, 0.2) is 58.3 Å². The normalized spacial score (nSPS) is 14.0. The van der Waals surface area contributed by atoms with Crippen LogP contribution in [-0.2, 0) is 19.1 Å². The highest BCUT2D eigenvalue weighted by atomic mass is 32.2. The van der Waals surface area contributed by atoms with Crippen molar-refractivity contribution in [3.63, 3.8) is 0 Å². The van der Waals surface area contributed by atoms with Gasteiger partial charge in [0, 0.05) is 9.79 Å². The van der Waals surface area contributed by atoms with Gasteiger partial charge < -0.3 is 15.2 Å². The first-order valence-electron chi connectivity index (χ1n) is 10.2. The van der Waals surface area contributed by atoms with E-state index in [1.807, 2.05) is 24.3 Å². The topological polar surface area (TPSA) is 113 Å². The van der Waals surface area contributed by atoms with E-state index in [1.54, 1.807) is 38.1 Å². The first-order chi connectivity index (χ1) is 15.7. The number of alkyl halides is 1. The Kier molecular flexibility index (Phi) is 7.70. The summed E-state index contributed by atoms with van der Waals surface area (Å²) in [6.45, 7) is 1.84. The molecule has 1 heterocycles. The van der Waals surface area contributed by atoms with Gasteiger partial charge in [0.2, 0.25) is 0 Å². The molecule has 1 aliphatic rings. The molecule has 0 aliphatic carbocycles. The number of nitrogens with one attached hydrogen (secondary N) is 1. The number of rotatable bonds is 8. The Morgan fingerprint density at radius 1 is 1.03 bits per heavy atom. The molecule has 0 aromatic heterocycles. The predicted octanol–water partition coefficient (Wildman–Crippen LogP) is 3.95. The van der Waals surface area contributed by atoms with Crippen molar-refractivity contribution in [1.29, 1.82) is 0 Å². The van der Waals surface area contributed by atoms with Crippen molar-refractivity contribution in [2.45, 2.75) is 42.2 Å². The molecule has 0 bridgehead atoms. The molecule has 0 saturated heterocycles. The number of aliphatic carboxylic acids is 1. The Morgan fingerprint density at radius 2 is 1.58 bits per heavy atom. The molecule has 1 aliphatic heterocycles. The van der Waals surface area contributed by atoms with E-state index in [-0.39, 0.29) is 0 Å². The van der Waals surface area contributed by atoms with Crippen LogP contribution < -0.4 is 10.2 Å². The molecule has 3 rings (SSSR count). The van der Waals surface area contributed by atoms with Gasteiger partial charge in [-0.25, -0.2) is 14.1 Å². The highest BCUT2D eigenvalue weighted by molar-refractivity contribution is 7.99. The first-order valence-corrected chi connectivity index (χ1v) is 11.0. The number of nitrogens with zero attached hydrogens (tertiary/aromatic N) is 1. The molecule has 174 valence electrons. The molecule has 2 atom stereocenters. The number of amides is 2. The van der Waals surface area contributed by atoms with Crippen LogP contribution in [0.4, 0.5) is 20.6 Å². The number of carboxylic acid groups (broad SMARTS) is 1. The number of hydrogen-bond acceptors (Lipinski definition) is 6. The largest absolute Gasteiger partial charge is 0.481 e. The van der Waals surface area contributed by atoms with Crippen molar-refractivity contribution < 1.29 is 33.4 Å². The number of para-hydroxylation sites is 2. The number of halogens is 1. The summed E-state index contributed by atoms with van der Waals surface area (Å²) in [5.74, 6) is -3.83. The minimum absolute atomic E-state index is 0.510. The quantitative estimate of drug-likeness (QED) is 0.596. The van der Waals surface area contributed by atoms with Crippen LogP contribution in [0.3, 0.4) is 0 Å². The van der Waals surface area contributed by atoms with Crippen LogP contribution in [0.1, 0.15) is 20.3 Å². The van der Waals surface area contributed by atoms with E-state index in [0.717, 1.165) is 9.79 Å². The van der Waals surface area contributed by atoms with Crippen LogP contribution in [0.5, 0.6) is 0 Å². The lowest BCUT2D eigenvalue weighted by molar-refractivity contribution is -0.141. The molecule has 2 aromatic carbocycles. The van der Waals surface area contributed by atoms with Crippen molar-refractivity contribution in [3.8, 4) is 0 Å². The molecule has 2 aromatic rings. The number of benzene rings is 2. The fraction of sp³-hybridized carbons (Fsp3) is 0.304. The van der Waals surface area contributed by atoms with E-state index in [2.05, 4.69) is 5.32 Å². The Bertz CT molecular complexity index is 1030. The van der Waals surface area contributed by atoms with E-state index >= 15 is 0 Å². The summed E-state index contributed by atoms with van der Waals surface area (Å²) in [5, 5.41) is 11.2. The van der Waals surface area contributed by atoms with Crippen LogP contribution in [-0.4, -0.2) is 47.7 Å². The highest BCUT2D eigenvalue weighted by Gasteiger charge is 2.35. The Labute approximate surface area is 194 Å². The lowest BCUT2D eigenvalue weighted by Crippen LogP contribution is -2.50. The van der Waals surface area contributed by atoms with Gasteiger partial charge in [0.05, 0.1) is 17.8 Å². The third kappa shape index (κ3) is 5.51. The van der Waals surface area contributed by atoms with Gasteiger partial charge in [0.25, 0.3) is 5.91 Å². The fourth-order valence-corrected chi connectivity index (χ4v) is 4.38. The zero-order valence-corrected chi connectivity index (χ0v) is 18.8. The third-order valence-electron chi connectivity index (χ3n) is 4.92. The monoisotopic (exact) mass is 474 g/mol. The fourth-order valence-electron chi connectivity index (χ4n) is 3.32. The summed E-state index contributed by atoms with van der Waals surface area (Å²) in [7, 11) is 0. The number of Topliss-reactive ketones (excluding diaryl/α,β-unsaturated/α-hetero) is 1. The van der Waals surface area contributed by atoms with Gasteiger partial charge in [0.15, 0.2) is 11.9 Å². The molecule has 0 fully saturated rings. The number of anilines is 2. The van der Waals surface area contributed by atoms with E-state index in [9.17, 15) is 23.6 Å². The molecule has 8 nitrogen and oxygen atoms in total. The van der Waals surface area contributed by atoms with Gasteiger partial charge in [-0.1, -0.05) is 49.9 Å². The smallest absolute Gasteiger partial charge is 0.419 e. The van der Waals surface area contributed by atoms with E-state index in [4.69, 9.17) is 9.84 Å². The number of fused-ring (bicyclic) bond motifs is 2. The maximum Gasteiger partial charge on any atom is 0.419 e. The van der Waals surface area contributed by atoms with Crippen LogP contribution in [0, 0.1) is 5.92 Å². The minimum atomic E-state index is -1.56. The van der Waals surface area contributed by atoms with Crippen molar-refractivity contribution in [2.24, 2.45) is 5.92 Å². The SMILES string of the molecule is CC(C)[C@H](OC(=O)N1c2ccccc2Sc2ccccc21)C(=O)NC(CC(=O)O)C(=O)CF. The van der Waals surface area contributed by atoms with E-state index in [0.29, 0.717) is 11.4 Å². The summed E-state index contributed by atoms with van der Waals surface area (Å²) >= 11 is 1.50. The second-order valence-corrected chi connectivity index (χ2v) is 8.76. The molecule has 1 unspecified atom stereocenters. The van der Waals surface area contributed by atoms with Gasteiger partial charge in [-0.2, -0.15) is 0 Å². The lowest BCUT2D eigenvalue weighted by Gasteiger charge is -2.32. The van der Waals surface area contributed by atoms with E-state index in [1.165, 1.54) is 16.7 Å². The zero-order valence-electron chi connectivity index (χ0n) is 18.0. The second kappa shape index (κ2) is 10.5. The van der Waals surface area contributed by atoms with Crippen molar-refractivity contribution in [3.05, 3.63) is 48.5 Å². The average molecular weight is 475 g/mol. The summed E-state index contributed by atoms with van der Waals surface area (Å²) < 4.78 is 18.4. The van der Waals surface area contributed by atoms with Gasteiger partial charge in [-0.15, -0.1) is 0 Å². The summed E-state index contributed by atoms with van der Waals surface area (Å²) in [5.41, 5.74) is 1.18. The number of ether oxygens (including phenoxy) is 1. The summed E-state index contributed by atoms with van der Waals surface area (Å²) in [6.07, 6.45) is -2.93. The Balaban J connectivity index is 1.86. The van der Waals surface area contributed by atoms with Crippen molar-refractivity contribution in [1.82, 2.24) is 5.32 Å². The van der Waals surface area contributed by atoms with Crippen LogP contribution in [0.25, 0.3) is 0 Å². The standard InChI is InChI=1S/C23H23FN2O6S/c1-13(2)21(22(30)25-14(11-20(28)29)17(27)12-24)32-23(31)26-15-7-3-5-9-18(15)33-19-10-6-4-8-16(19)26/h3-10,13-14,21H,11-12H2,1-2H3,(H,25,30)(H,28,29)/t14?,21-/m0/s1. The number of carboxylic acids is 1. The number of hydrogen-bond donors (Lipinski definition) is 2. The molecular weight excluding hydrogens is 451 g/mol. The van der Waals surface area contributed by atoms with Crippen molar-refractivity contribution >= 4 is 46.9 Å². The molecule has 0 radical (unpaired) electrons. The minimum Gasteiger partial charge on any atom is -0.481 e. The number of carbonyl (C=O) groups excluding carboxylic acids is 3. The molecule has 10 heteroatoms. The Morgan fingerprint density at radius 3 is 2.06 bits per heavy atom. The Hall–Kier alpha value is -3.40. The average Bonchev–Trinajstić information content (AvgIpc) is 2.79. The van der Waals surface area contributed by atoms with Crippen LogP contribution >= 0.6 is 11.8 Å². The molecule has 2 N–H and O–H groups in total. The molecule has 0 saturated carbocycles. The van der Waals surface area contributed by atoms with Crippen LogP contribution in [0.2, 0.25) is 0 Å². The maximum atomic E-state index is 13.3. The molecule has 0 spiro atoms. The van der Waals surface area contributed by atoms with Gasteiger partial charge in [0.1, 0.15) is 12.7 Å². The van der Waals surface area contributed by atoms with Gasteiger partial charge in [-0.3, -0.25) is 14.4 Å². The third-order valence-corrected chi connectivity index (χ3v) is 6.05. The molecule has 33 heavy (non-hydrogen) atoms. The van der Waals surface area contributed by atoms with Crippen molar-refractivity contribution in [2.75, 3.05) is 11.6 Å². The van der Waals surface area contributed by atoms with E-state index < -0.39 is 54.9 Å². The maximum absolute atomic E-state index is 13.3. The number of ketones is 1. The second-order valence-electron chi connectivity index (χ2n) is 7.68. The number of carbonyl (C=O) groups is 4. The first kappa shape index (κ1) is 24.2. The lowest BCUT2D eigenvalue weighted by atomic mass is 10.0. The molecule has 2 amide bonds. The molecular formula is C23H23FN2O6S. The van der Waals surface area contributed by atoms with Gasteiger partial charge >= 0.3 is 12.1 Å². The zero-order chi connectivity index (χ0) is 24.1. The summed E-state index contributed by atoms with van der Waals surface area (Å²) in [4.78, 5) is 51.9. The highest BCUT2D eigenvalue weighted by Crippen LogP contribution is 2.48. The van der Waals surface area contributed by atoms with Gasteiger partial charge in [-0.05, 0) is 30.2 Å². The summed E-state index contributed by atoms with van der Waals surface area (Å²) in [6, 6.07) is 12.9.